The molecule has 0 spiro atoms. The first kappa shape index (κ1) is 15.0. The van der Waals surface area contributed by atoms with Crippen LogP contribution in [0, 0.1) is 6.92 Å². The zero-order chi connectivity index (χ0) is 15.2. The molecule has 0 aliphatic carbocycles. The molecule has 0 radical (unpaired) electrons. The summed E-state index contributed by atoms with van der Waals surface area (Å²) in [6, 6.07) is 7.19. The molecule has 0 aliphatic heterocycles. The summed E-state index contributed by atoms with van der Waals surface area (Å²) in [6.45, 7) is 2.35. The number of thiophene rings is 1. The average Bonchev–Trinajstić information content (AvgIpc) is 2.97. The van der Waals surface area contributed by atoms with Crippen molar-refractivity contribution in [2.45, 2.75) is 13.5 Å². The monoisotopic (exact) mass is 301 g/mol. The standard InChI is InChI=1S/C16H15NO3S/c1-11-2-3-14(8-13(11)4-5-15(18)19)16(20)17-9-12-6-7-21-10-12/h2-8,10H,9H2,1H3,(H,17,20)(H,18,19)/b5-4+. The third-order valence-corrected chi connectivity index (χ3v) is 3.71. The van der Waals surface area contributed by atoms with Crippen molar-refractivity contribution in [2.24, 2.45) is 0 Å². The highest BCUT2D eigenvalue weighted by Crippen LogP contribution is 2.13. The number of hydrogen-bond donors (Lipinski definition) is 2. The quantitative estimate of drug-likeness (QED) is 0.834. The molecule has 1 aromatic heterocycles. The van der Waals surface area contributed by atoms with Crippen LogP contribution in [0.4, 0.5) is 0 Å². The molecule has 108 valence electrons. The van der Waals surface area contributed by atoms with Crippen LogP contribution in [0.2, 0.25) is 0 Å². The Bertz CT molecular complexity index is 675. The minimum absolute atomic E-state index is 0.175. The number of carboxylic acid groups (broad SMARTS) is 1. The zero-order valence-corrected chi connectivity index (χ0v) is 12.3. The Labute approximate surface area is 126 Å². The number of carbonyl (C=O) groups is 2. The molecule has 4 nitrogen and oxygen atoms in total. The summed E-state index contributed by atoms with van der Waals surface area (Å²) in [4.78, 5) is 22.7. The van der Waals surface area contributed by atoms with Gasteiger partial charge >= 0.3 is 5.97 Å². The SMILES string of the molecule is Cc1ccc(C(=O)NCc2ccsc2)cc1/C=C/C(=O)O. The Balaban J connectivity index is 2.10. The van der Waals surface area contributed by atoms with Crippen LogP contribution in [0.1, 0.15) is 27.0 Å². The van der Waals surface area contributed by atoms with E-state index >= 15 is 0 Å². The minimum Gasteiger partial charge on any atom is -0.478 e. The Hall–Kier alpha value is -2.40. The predicted molar refractivity (Wildman–Crippen MR) is 83.3 cm³/mol. The fraction of sp³-hybridized carbons (Fsp3) is 0.125. The molecule has 2 rings (SSSR count). The molecular formula is C16H15NO3S. The summed E-state index contributed by atoms with van der Waals surface area (Å²) in [6.07, 6.45) is 2.56. The van der Waals surface area contributed by atoms with Gasteiger partial charge < -0.3 is 10.4 Å². The Kier molecular flexibility index (Phi) is 4.90. The number of rotatable bonds is 5. The smallest absolute Gasteiger partial charge is 0.328 e. The minimum atomic E-state index is -1.01. The molecule has 1 aromatic carbocycles. The lowest BCUT2D eigenvalue weighted by Crippen LogP contribution is -2.22. The van der Waals surface area contributed by atoms with Gasteiger partial charge in [-0.3, -0.25) is 4.79 Å². The normalized spacial score (nSPS) is 10.7. The summed E-state index contributed by atoms with van der Waals surface area (Å²) in [7, 11) is 0. The number of amides is 1. The van der Waals surface area contributed by atoms with Crippen LogP contribution >= 0.6 is 11.3 Å². The second-order valence-electron chi connectivity index (χ2n) is 4.56. The number of hydrogen-bond acceptors (Lipinski definition) is 3. The van der Waals surface area contributed by atoms with E-state index in [-0.39, 0.29) is 5.91 Å². The van der Waals surface area contributed by atoms with Gasteiger partial charge in [-0.05, 0) is 58.6 Å². The lowest BCUT2D eigenvalue weighted by atomic mass is 10.0. The van der Waals surface area contributed by atoms with Crippen LogP contribution in [0.3, 0.4) is 0 Å². The average molecular weight is 301 g/mol. The van der Waals surface area contributed by atoms with Crippen molar-refractivity contribution in [3.8, 4) is 0 Å². The largest absolute Gasteiger partial charge is 0.478 e. The summed E-state index contributed by atoms with van der Waals surface area (Å²) >= 11 is 1.58. The van der Waals surface area contributed by atoms with Crippen LogP contribution < -0.4 is 5.32 Å². The van der Waals surface area contributed by atoms with Crippen molar-refractivity contribution < 1.29 is 14.7 Å². The highest BCUT2D eigenvalue weighted by atomic mass is 32.1. The van der Waals surface area contributed by atoms with Gasteiger partial charge in [0.1, 0.15) is 0 Å². The van der Waals surface area contributed by atoms with E-state index in [1.165, 1.54) is 6.08 Å². The third-order valence-electron chi connectivity index (χ3n) is 2.98. The third kappa shape index (κ3) is 4.29. The molecule has 1 heterocycles. The number of carbonyl (C=O) groups excluding carboxylic acids is 1. The molecule has 2 N–H and O–H groups in total. The van der Waals surface area contributed by atoms with E-state index in [1.807, 2.05) is 23.8 Å². The van der Waals surface area contributed by atoms with Crippen molar-refractivity contribution >= 4 is 29.3 Å². The van der Waals surface area contributed by atoms with Gasteiger partial charge in [0.15, 0.2) is 0 Å². The van der Waals surface area contributed by atoms with Crippen molar-refractivity contribution in [3.63, 3.8) is 0 Å². The number of benzene rings is 1. The molecule has 2 aromatic rings. The van der Waals surface area contributed by atoms with Crippen molar-refractivity contribution in [1.29, 1.82) is 0 Å². The summed E-state index contributed by atoms with van der Waals surface area (Å²) in [5.41, 5.74) is 3.22. The molecule has 0 fully saturated rings. The predicted octanol–water partition coefficient (Wildman–Crippen LogP) is 3.08. The fourth-order valence-corrected chi connectivity index (χ4v) is 2.47. The number of aryl methyl sites for hydroxylation is 1. The molecule has 0 unspecified atom stereocenters. The Morgan fingerprint density at radius 3 is 2.81 bits per heavy atom. The van der Waals surface area contributed by atoms with Gasteiger partial charge in [0.25, 0.3) is 5.91 Å². The first-order valence-corrected chi connectivity index (χ1v) is 7.31. The maximum Gasteiger partial charge on any atom is 0.328 e. The lowest BCUT2D eigenvalue weighted by Gasteiger charge is -2.07. The van der Waals surface area contributed by atoms with E-state index < -0.39 is 5.97 Å². The van der Waals surface area contributed by atoms with E-state index in [9.17, 15) is 9.59 Å². The van der Waals surface area contributed by atoms with Crippen LogP contribution in [0.15, 0.2) is 41.1 Å². The van der Waals surface area contributed by atoms with Crippen LogP contribution in [0.5, 0.6) is 0 Å². The van der Waals surface area contributed by atoms with E-state index in [2.05, 4.69) is 5.32 Å². The van der Waals surface area contributed by atoms with Gasteiger partial charge in [0.05, 0.1) is 0 Å². The van der Waals surface area contributed by atoms with Crippen LogP contribution in [0.25, 0.3) is 6.08 Å². The molecular weight excluding hydrogens is 286 g/mol. The molecule has 1 amide bonds. The molecule has 21 heavy (non-hydrogen) atoms. The molecule has 0 saturated carbocycles. The lowest BCUT2D eigenvalue weighted by molar-refractivity contribution is -0.131. The van der Waals surface area contributed by atoms with Crippen LogP contribution in [-0.2, 0) is 11.3 Å². The van der Waals surface area contributed by atoms with Crippen molar-refractivity contribution in [3.05, 3.63) is 63.4 Å². The molecule has 0 saturated heterocycles. The highest BCUT2D eigenvalue weighted by molar-refractivity contribution is 7.07. The van der Waals surface area contributed by atoms with Crippen LogP contribution in [-0.4, -0.2) is 17.0 Å². The van der Waals surface area contributed by atoms with E-state index in [4.69, 9.17) is 5.11 Å². The van der Waals surface area contributed by atoms with Crippen molar-refractivity contribution in [1.82, 2.24) is 5.32 Å². The Morgan fingerprint density at radius 1 is 1.33 bits per heavy atom. The molecule has 5 heteroatoms. The number of nitrogens with one attached hydrogen (secondary N) is 1. The second-order valence-corrected chi connectivity index (χ2v) is 5.34. The summed E-state index contributed by atoms with van der Waals surface area (Å²) in [5, 5.41) is 15.5. The number of carboxylic acids is 1. The maximum atomic E-state index is 12.1. The molecule has 0 bridgehead atoms. The fourth-order valence-electron chi connectivity index (χ4n) is 1.80. The van der Waals surface area contributed by atoms with E-state index in [0.29, 0.717) is 12.1 Å². The Morgan fingerprint density at radius 2 is 2.14 bits per heavy atom. The maximum absolute atomic E-state index is 12.1. The second kappa shape index (κ2) is 6.85. The van der Waals surface area contributed by atoms with Gasteiger partial charge in [-0.15, -0.1) is 0 Å². The zero-order valence-electron chi connectivity index (χ0n) is 11.5. The van der Waals surface area contributed by atoms with Gasteiger partial charge in [0, 0.05) is 18.2 Å². The van der Waals surface area contributed by atoms with Crippen molar-refractivity contribution in [2.75, 3.05) is 0 Å². The number of aliphatic carboxylic acids is 1. The van der Waals surface area contributed by atoms with Gasteiger partial charge in [-0.25, -0.2) is 4.79 Å². The van der Waals surface area contributed by atoms with Gasteiger partial charge in [-0.1, -0.05) is 6.07 Å². The highest BCUT2D eigenvalue weighted by Gasteiger charge is 2.07. The van der Waals surface area contributed by atoms with Gasteiger partial charge in [0.2, 0.25) is 0 Å². The molecule has 0 aliphatic rings. The molecule has 0 atom stereocenters. The summed E-state index contributed by atoms with van der Waals surface area (Å²) in [5.74, 6) is -1.19. The topological polar surface area (TPSA) is 66.4 Å². The van der Waals surface area contributed by atoms with E-state index in [0.717, 1.165) is 22.8 Å². The first-order valence-electron chi connectivity index (χ1n) is 6.37. The first-order chi connectivity index (χ1) is 10.1. The summed E-state index contributed by atoms with van der Waals surface area (Å²) < 4.78 is 0. The van der Waals surface area contributed by atoms with E-state index in [1.54, 1.807) is 29.5 Å². The van der Waals surface area contributed by atoms with Gasteiger partial charge in [-0.2, -0.15) is 11.3 Å².